The molecule has 0 aliphatic carbocycles. The number of nitrogens with zero attached hydrogens (tertiary/aromatic N) is 3. The third-order valence-electron chi connectivity index (χ3n) is 3.97. The number of nitrogens with one attached hydrogen (secondary N) is 1. The van der Waals surface area contributed by atoms with Gasteiger partial charge in [-0.25, -0.2) is 0 Å². The Morgan fingerprint density at radius 3 is 1.59 bits per heavy atom. The number of rotatable bonds is 7. The van der Waals surface area contributed by atoms with E-state index in [9.17, 15) is 25.0 Å². The number of nitro groups is 2. The van der Waals surface area contributed by atoms with Crippen LogP contribution in [0.2, 0.25) is 0 Å². The second-order valence-electron chi connectivity index (χ2n) is 5.80. The largest absolute Gasteiger partial charge is 0.302 e. The second-order valence-corrected chi connectivity index (χ2v) is 6.14. The maximum Gasteiger partial charge on any atom is 0.302 e. The van der Waals surface area contributed by atoms with Gasteiger partial charge in [-0.1, -0.05) is 36.4 Å². The molecule has 0 saturated carbocycles. The molecule has 0 amide bonds. The molecule has 0 bridgehead atoms. The quantitative estimate of drug-likeness (QED) is 0.327. The van der Waals surface area contributed by atoms with Crippen molar-refractivity contribution in [2.24, 2.45) is 0 Å². The summed E-state index contributed by atoms with van der Waals surface area (Å²) in [6.45, 7) is 0. The smallest absolute Gasteiger partial charge is 0.282 e. The lowest BCUT2D eigenvalue weighted by atomic mass is 10.1. The van der Waals surface area contributed by atoms with E-state index in [2.05, 4.69) is 5.43 Å². The number of benzene rings is 3. The molecule has 10 heteroatoms. The maximum absolute atomic E-state index is 11.6. The van der Waals surface area contributed by atoms with E-state index in [1.54, 1.807) is 60.7 Å². The van der Waals surface area contributed by atoms with Crippen LogP contribution in [-0.2, 0) is 0 Å². The molecule has 3 aromatic rings. The van der Waals surface area contributed by atoms with Crippen molar-refractivity contribution in [2.75, 3.05) is 10.4 Å². The molecular formula is C19H13ClN4O5. The van der Waals surface area contributed by atoms with Gasteiger partial charge in [-0.2, -0.15) is 0 Å². The highest BCUT2D eigenvalue weighted by atomic mass is 35.5. The molecule has 0 fully saturated rings. The van der Waals surface area contributed by atoms with Crippen molar-refractivity contribution in [3.63, 3.8) is 0 Å². The fourth-order valence-corrected chi connectivity index (χ4v) is 2.78. The summed E-state index contributed by atoms with van der Waals surface area (Å²) in [5, 5.41) is 23.6. The van der Waals surface area contributed by atoms with Crippen molar-refractivity contribution in [3.05, 3.63) is 98.6 Å². The number of anilines is 3. The maximum atomic E-state index is 11.6. The molecule has 9 nitrogen and oxygen atoms in total. The van der Waals surface area contributed by atoms with Gasteiger partial charge in [0.05, 0.1) is 21.2 Å². The molecule has 0 spiro atoms. The van der Waals surface area contributed by atoms with E-state index in [1.165, 1.54) is 5.01 Å². The molecule has 29 heavy (non-hydrogen) atoms. The SMILES string of the molecule is O=C(Cl)c1cc([N+](=O)[O-])c(NN(c2ccccc2)c2ccccc2)c([N+](=O)[O-])c1. The Morgan fingerprint density at radius 1 is 0.828 bits per heavy atom. The fourth-order valence-electron chi connectivity index (χ4n) is 2.67. The van der Waals surface area contributed by atoms with Crippen LogP contribution in [0.15, 0.2) is 72.8 Å². The van der Waals surface area contributed by atoms with Crippen LogP contribution in [0.3, 0.4) is 0 Å². The molecule has 0 aliphatic rings. The fraction of sp³-hybridized carbons (Fsp3) is 0. The second kappa shape index (κ2) is 8.36. The predicted octanol–water partition coefficient (Wildman–Crippen LogP) is 5.05. The highest BCUT2D eigenvalue weighted by Crippen LogP contribution is 2.38. The standard InChI is InChI=1S/C19H13ClN4O5/c20-19(25)13-11-16(23(26)27)18(17(12-13)24(28)29)21-22(14-7-3-1-4-8-14)15-9-5-2-6-10-15/h1-12,21H. The Bertz CT molecular complexity index is 1000. The highest BCUT2D eigenvalue weighted by Gasteiger charge is 2.30. The van der Waals surface area contributed by atoms with Crippen molar-refractivity contribution in [3.8, 4) is 0 Å². The number of hydrazine groups is 1. The summed E-state index contributed by atoms with van der Waals surface area (Å²) in [4.78, 5) is 33.0. The van der Waals surface area contributed by atoms with Crippen LogP contribution in [0.4, 0.5) is 28.4 Å². The van der Waals surface area contributed by atoms with Gasteiger partial charge in [-0.05, 0) is 35.9 Å². The van der Waals surface area contributed by atoms with Gasteiger partial charge in [-0.3, -0.25) is 35.5 Å². The molecular weight excluding hydrogens is 400 g/mol. The molecule has 0 heterocycles. The monoisotopic (exact) mass is 412 g/mol. The van der Waals surface area contributed by atoms with Gasteiger partial charge >= 0.3 is 11.4 Å². The lowest BCUT2D eigenvalue weighted by Gasteiger charge is -2.26. The lowest BCUT2D eigenvalue weighted by molar-refractivity contribution is -0.392. The molecule has 0 saturated heterocycles. The van der Waals surface area contributed by atoms with Crippen LogP contribution < -0.4 is 10.4 Å². The number of carbonyl (C=O) groups excluding carboxylic acids is 1. The topological polar surface area (TPSA) is 119 Å². The van der Waals surface area contributed by atoms with E-state index >= 15 is 0 Å². The summed E-state index contributed by atoms with van der Waals surface area (Å²) >= 11 is 5.39. The first-order valence-electron chi connectivity index (χ1n) is 8.22. The number of hydrogen-bond donors (Lipinski definition) is 1. The van der Waals surface area contributed by atoms with Crippen LogP contribution in [0, 0.1) is 20.2 Å². The van der Waals surface area contributed by atoms with Gasteiger partial charge in [-0.15, -0.1) is 0 Å². The summed E-state index contributed by atoms with van der Waals surface area (Å²) in [5.41, 5.74) is 1.91. The number of nitro benzene ring substituents is 2. The van der Waals surface area contributed by atoms with Crippen molar-refractivity contribution in [2.45, 2.75) is 0 Å². The first kappa shape index (κ1) is 19.8. The van der Waals surface area contributed by atoms with E-state index in [0.717, 1.165) is 12.1 Å². The van der Waals surface area contributed by atoms with Gasteiger partial charge in [0.2, 0.25) is 5.69 Å². The molecule has 0 radical (unpaired) electrons. The molecule has 0 unspecified atom stereocenters. The predicted molar refractivity (Wildman–Crippen MR) is 109 cm³/mol. The van der Waals surface area contributed by atoms with Gasteiger partial charge < -0.3 is 0 Å². The van der Waals surface area contributed by atoms with E-state index in [-0.39, 0.29) is 11.3 Å². The molecule has 0 aliphatic heterocycles. The van der Waals surface area contributed by atoms with Crippen LogP contribution >= 0.6 is 11.6 Å². The van der Waals surface area contributed by atoms with Gasteiger partial charge in [0, 0.05) is 17.7 Å². The minimum absolute atomic E-state index is 0.346. The van der Waals surface area contributed by atoms with Gasteiger partial charge in [0.15, 0.2) is 0 Å². The van der Waals surface area contributed by atoms with Crippen molar-refractivity contribution < 1.29 is 14.6 Å². The van der Waals surface area contributed by atoms with E-state index in [0.29, 0.717) is 11.4 Å². The molecule has 0 aromatic heterocycles. The zero-order valence-electron chi connectivity index (χ0n) is 14.7. The first-order chi connectivity index (χ1) is 13.9. The highest BCUT2D eigenvalue weighted by molar-refractivity contribution is 6.67. The van der Waals surface area contributed by atoms with Crippen LogP contribution in [-0.4, -0.2) is 15.1 Å². The first-order valence-corrected chi connectivity index (χ1v) is 8.60. The summed E-state index contributed by atoms with van der Waals surface area (Å²) in [6.07, 6.45) is 0. The Hall–Kier alpha value is -3.98. The molecule has 146 valence electrons. The van der Waals surface area contributed by atoms with Crippen molar-refractivity contribution >= 4 is 45.3 Å². The van der Waals surface area contributed by atoms with Crippen LogP contribution in [0.1, 0.15) is 10.4 Å². The van der Waals surface area contributed by atoms with Crippen molar-refractivity contribution in [1.82, 2.24) is 0 Å². The zero-order valence-corrected chi connectivity index (χ0v) is 15.4. The molecule has 0 atom stereocenters. The summed E-state index contributed by atoms with van der Waals surface area (Å²) in [6, 6.07) is 19.3. The normalized spacial score (nSPS) is 10.2. The average molecular weight is 413 g/mol. The Kier molecular flexibility index (Phi) is 5.70. The molecule has 1 N–H and O–H groups in total. The third-order valence-corrected chi connectivity index (χ3v) is 4.19. The summed E-state index contributed by atoms with van der Waals surface area (Å²) in [7, 11) is 0. The zero-order chi connectivity index (χ0) is 21.0. The Balaban J connectivity index is 2.21. The molecule has 3 aromatic carbocycles. The van der Waals surface area contributed by atoms with E-state index in [4.69, 9.17) is 11.6 Å². The van der Waals surface area contributed by atoms with Gasteiger partial charge in [0.1, 0.15) is 0 Å². The minimum atomic E-state index is -1.04. The summed E-state index contributed by atoms with van der Waals surface area (Å²) < 4.78 is 0. The van der Waals surface area contributed by atoms with E-state index in [1.807, 2.05) is 0 Å². The Labute approximate surface area is 169 Å². The number of halogens is 1. The number of carbonyl (C=O) groups is 1. The summed E-state index contributed by atoms with van der Waals surface area (Å²) in [5.74, 6) is 0. The number of para-hydroxylation sites is 2. The molecule has 3 rings (SSSR count). The average Bonchev–Trinajstić information content (AvgIpc) is 2.72. The lowest BCUT2D eigenvalue weighted by Crippen LogP contribution is -2.25. The van der Waals surface area contributed by atoms with Crippen molar-refractivity contribution in [1.29, 1.82) is 0 Å². The van der Waals surface area contributed by atoms with Gasteiger partial charge in [0.25, 0.3) is 5.24 Å². The third kappa shape index (κ3) is 4.30. The number of hydrogen-bond acceptors (Lipinski definition) is 7. The minimum Gasteiger partial charge on any atom is -0.282 e. The van der Waals surface area contributed by atoms with Crippen LogP contribution in [0.5, 0.6) is 0 Å². The van der Waals surface area contributed by atoms with Crippen LogP contribution in [0.25, 0.3) is 0 Å². The van der Waals surface area contributed by atoms with E-state index < -0.39 is 26.5 Å². The Morgan fingerprint density at radius 2 is 1.24 bits per heavy atom.